The van der Waals surface area contributed by atoms with E-state index >= 15 is 0 Å². The Morgan fingerprint density at radius 2 is 2.23 bits per heavy atom. The summed E-state index contributed by atoms with van der Waals surface area (Å²) >= 11 is 3.39. The molecule has 0 amide bonds. The standard InChI is InChI=1S/C10H12BrNO/c1-7-3-4-8(5-9(7)11)10(13)6-12-2/h3-5,12H,6H2,1-2H3. The van der Waals surface area contributed by atoms with Gasteiger partial charge >= 0.3 is 0 Å². The molecule has 70 valence electrons. The molecule has 1 aromatic rings. The van der Waals surface area contributed by atoms with Crippen LogP contribution in [0.3, 0.4) is 0 Å². The molecule has 1 aromatic carbocycles. The van der Waals surface area contributed by atoms with Crippen molar-refractivity contribution < 1.29 is 4.79 Å². The molecule has 13 heavy (non-hydrogen) atoms. The van der Waals surface area contributed by atoms with Gasteiger partial charge in [0.1, 0.15) is 0 Å². The van der Waals surface area contributed by atoms with E-state index in [2.05, 4.69) is 21.2 Å². The molecule has 0 aliphatic heterocycles. The zero-order valence-corrected chi connectivity index (χ0v) is 9.31. The number of carbonyl (C=O) groups is 1. The molecule has 0 saturated heterocycles. The van der Waals surface area contributed by atoms with E-state index < -0.39 is 0 Å². The van der Waals surface area contributed by atoms with Gasteiger partial charge < -0.3 is 5.32 Å². The molecule has 0 aliphatic rings. The summed E-state index contributed by atoms with van der Waals surface area (Å²) < 4.78 is 0.981. The van der Waals surface area contributed by atoms with Crippen molar-refractivity contribution in [3.05, 3.63) is 33.8 Å². The molecule has 1 N–H and O–H groups in total. The van der Waals surface area contributed by atoms with Crippen molar-refractivity contribution in [1.82, 2.24) is 5.32 Å². The van der Waals surface area contributed by atoms with Crippen molar-refractivity contribution in [2.24, 2.45) is 0 Å². The summed E-state index contributed by atoms with van der Waals surface area (Å²) in [5.41, 5.74) is 1.88. The Labute approximate surface area is 86.5 Å². The van der Waals surface area contributed by atoms with Crippen LogP contribution in [0.1, 0.15) is 15.9 Å². The Hall–Kier alpha value is -0.670. The van der Waals surface area contributed by atoms with Crippen molar-refractivity contribution in [3.8, 4) is 0 Å². The molecular weight excluding hydrogens is 230 g/mol. The van der Waals surface area contributed by atoms with Gasteiger partial charge in [0.15, 0.2) is 5.78 Å². The number of hydrogen-bond donors (Lipinski definition) is 1. The fraction of sp³-hybridized carbons (Fsp3) is 0.300. The summed E-state index contributed by atoms with van der Waals surface area (Å²) in [6.45, 7) is 2.38. The Balaban J connectivity index is 2.90. The molecule has 0 fully saturated rings. The average molecular weight is 242 g/mol. The van der Waals surface area contributed by atoms with Crippen LogP contribution in [0.2, 0.25) is 0 Å². The lowest BCUT2D eigenvalue weighted by Crippen LogP contribution is -2.18. The maximum absolute atomic E-state index is 11.4. The van der Waals surface area contributed by atoms with Crippen molar-refractivity contribution >= 4 is 21.7 Å². The maximum atomic E-state index is 11.4. The Bertz CT molecular complexity index is 323. The largest absolute Gasteiger partial charge is 0.313 e. The van der Waals surface area contributed by atoms with E-state index in [4.69, 9.17) is 0 Å². The number of rotatable bonds is 3. The van der Waals surface area contributed by atoms with E-state index in [0.29, 0.717) is 6.54 Å². The van der Waals surface area contributed by atoms with Crippen LogP contribution in [0, 0.1) is 6.92 Å². The van der Waals surface area contributed by atoms with Crippen molar-refractivity contribution in [2.75, 3.05) is 13.6 Å². The molecule has 0 bridgehead atoms. The molecule has 0 heterocycles. The van der Waals surface area contributed by atoms with Crippen LogP contribution in [0.15, 0.2) is 22.7 Å². The van der Waals surface area contributed by atoms with Gasteiger partial charge in [-0.1, -0.05) is 28.1 Å². The normalized spacial score (nSPS) is 10.1. The van der Waals surface area contributed by atoms with E-state index in [1.165, 1.54) is 0 Å². The summed E-state index contributed by atoms with van der Waals surface area (Å²) in [6.07, 6.45) is 0. The number of ketones is 1. The molecule has 0 atom stereocenters. The molecule has 1 rings (SSSR count). The first kappa shape index (κ1) is 10.4. The van der Waals surface area contributed by atoms with E-state index in [1.54, 1.807) is 7.05 Å². The van der Waals surface area contributed by atoms with Gasteiger partial charge in [0, 0.05) is 10.0 Å². The Morgan fingerprint density at radius 1 is 1.54 bits per heavy atom. The van der Waals surface area contributed by atoms with Gasteiger partial charge in [-0.2, -0.15) is 0 Å². The van der Waals surface area contributed by atoms with Crippen molar-refractivity contribution in [2.45, 2.75) is 6.92 Å². The summed E-state index contributed by atoms with van der Waals surface area (Å²) in [6, 6.07) is 5.64. The highest BCUT2D eigenvalue weighted by Crippen LogP contribution is 2.17. The SMILES string of the molecule is CNCC(=O)c1ccc(C)c(Br)c1. The lowest BCUT2D eigenvalue weighted by Gasteiger charge is -2.02. The van der Waals surface area contributed by atoms with Crippen LogP contribution in [0.4, 0.5) is 0 Å². The van der Waals surface area contributed by atoms with Crippen LogP contribution in [0.5, 0.6) is 0 Å². The number of benzene rings is 1. The molecule has 0 aromatic heterocycles. The monoisotopic (exact) mass is 241 g/mol. The Kier molecular flexibility index (Phi) is 3.63. The minimum absolute atomic E-state index is 0.114. The molecular formula is C10H12BrNO. The number of Topliss-reactive ketones (excluding diaryl/α,β-unsaturated/α-hetero) is 1. The smallest absolute Gasteiger partial charge is 0.176 e. The molecule has 0 saturated carbocycles. The molecule has 0 spiro atoms. The zero-order chi connectivity index (χ0) is 9.84. The summed E-state index contributed by atoms with van der Waals surface area (Å²) in [5.74, 6) is 0.114. The van der Waals surface area contributed by atoms with Crippen molar-refractivity contribution in [1.29, 1.82) is 0 Å². The van der Waals surface area contributed by atoms with Crippen LogP contribution < -0.4 is 5.32 Å². The van der Waals surface area contributed by atoms with Gasteiger partial charge in [0.05, 0.1) is 6.54 Å². The first-order valence-corrected chi connectivity index (χ1v) is 4.88. The Morgan fingerprint density at radius 3 is 2.77 bits per heavy atom. The second-order valence-corrected chi connectivity index (χ2v) is 3.77. The number of likely N-dealkylation sites (N-methyl/N-ethyl adjacent to an activating group) is 1. The average Bonchev–Trinajstić information content (AvgIpc) is 2.10. The molecule has 0 aliphatic carbocycles. The van der Waals surface area contributed by atoms with Gasteiger partial charge in [-0.05, 0) is 25.6 Å². The van der Waals surface area contributed by atoms with E-state index in [1.807, 2.05) is 25.1 Å². The zero-order valence-electron chi connectivity index (χ0n) is 7.73. The summed E-state index contributed by atoms with van der Waals surface area (Å²) in [7, 11) is 1.77. The number of nitrogens with one attached hydrogen (secondary N) is 1. The van der Waals surface area contributed by atoms with Crippen LogP contribution >= 0.6 is 15.9 Å². The first-order chi connectivity index (χ1) is 6.15. The highest BCUT2D eigenvalue weighted by Gasteiger charge is 2.05. The van der Waals surface area contributed by atoms with Gasteiger partial charge in [-0.3, -0.25) is 4.79 Å². The third-order valence-electron chi connectivity index (χ3n) is 1.83. The molecule has 0 radical (unpaired) electrons. The minimum Gasteiger partial charge on any atom is -0.313 e. The van der Waals surface area contributed by atoms with Gasteiger partial charge in [0.25, 0.3) is 0 Å². The third kappa shape index (κ3) is 2.64. The first-order valence-electron chi connectivity index (χ1n) is 4.09. The van der Waals surface area contributed by atoms with Crippen LogP contribution in [-0.4, -0.2) is 19.4 Å². The van der Waals surface area contributed by atoms with E-state index in [0.717, 1.165) is 15.6 Å². The lowest BCUT2D eigenvalue weighted by molar-refractivity contribution is 0.0993. The third-order valence-corrected chi connectivity index (χ3v) is 2.69. The quantitative estimate of drug-likeness (QED) is 0.823. The van der Waals surface area contributed by atoms with Gasteiger partial charge in [-0.25, -0.2) is 0 Å². The van der Waals surface area contributed by atoms with Crippen LogP contribution in [0.25, 0.3) is 0 Å². The number of halogens is 1. The highest BCUT2D eigenvalue weighted by atomic mass is 79.9. The predicted octanol–water partition coefficient (Wildman–Crippen LogP) is 2.16. The lowest BCUT2D eigenvalue weighted by atomic mass is 10.1. The second-order valence-electron chi connectivity index (χ2n) is 2.92. The van der Waals surface area contributed by atoms with Gasteiger partial charge in [0.2, 0.25) is 0 Å². The minimum atomic E-state index is 0.114. The van der Waals surface area contributed by atoms with E-state index in [9.17, 15) is 4.79 Å². The maximum Gasteiger partial charge on any atom is 0.176 e. The fourth-order valence-electron chi connectivity index (χ4n) is 1.03. The number of aryl methyl sites for hydroxylation is 1. The number of hydrogen-bond acceptors (Lipinski definition) is 2. The summed E-state index contributed by atoms with van der Waals surface area (Å²) in [5, 5.41) is 2.84. The summed E-state index contributed by atoms with van der Waals surface area (Å²) in [4.78, 5) is 11.4. The molecule has 2 nitrogen and oxygen atoms in total. The van der Waals surface area contributed by atoms with Gasteiger partial charge in [-0.15, -0.1) is 0 Å². The topological polar surface area (TPSA) is 29.1 Å². The highest BCUT2D eigenvalue weighted by molar-refractivity contribution is 9.10. The second kappa shape index (κ2) is 4.53. The van der Waals surface area contributed by atoms with Crippen molar-refractivity contribution in [3.63, 3.8) is 0 Å². The fourth-order valence-corrected chi connectivity index (χ4v) is 1.41. The molecule has 3 heteroatoms. The predicted molar refractivity (Wildman–Crippen MR) is 57.1 cm³/mol. The van der Waals surface area contributed by atoms with Crippen LogP contribution in [-0.2, 0) is 0 Å². The number of carbonyl (C=O) groups excluding carboxylic acids is 1. The van der Waals surface area contributed by atoms with E-state index in [-0.39, 0.29) is 5.78 Å². The molecule has 0 unspecified atom stereocenters.